The number of hydrogen-bond acceptors (Lipinski definition) is 7. The first-order valence-corrected chi connectivity index (χ1v) is 9.54. The molecule has 0 spiro atoms. The third kappa shape index (κ3) is 3.29. The van der Waals surface area contributed by atoms with E-state index in [2.05, 4.69) is 9.88 Å². The third-order valence-electron chi connectivity index (χ3n) is 3.46. The average molecular weight is 368 g/mol. The molecular formula is C15H16N2O5S2. The van der Waals surface area contributed by atoms with Gasteiger partial charge in [0.15, 0.2) is 5.76 Å². The molecule has 128 valence electrons. The van der Waals surface area contributed by atoms with Crippen molar-refractivity contribution in [3.05, 3.63) is 46.2 Å². The highest BCUT2D eigenvalue weighted by Gasteiger charge is 2.25. The maximum atomic E-state index is 12.3. The van der Waals surface area contributed by atoms with Crippen molar-refractivity contribution in [3.63, 3.8) is 0 Å². The maximum absolute atomic E-state index is 12.3. The van der Waals surface area contributed by atoms with Crippen molar-refractivity contribution in [1.82, 2.24) is 9.88 Å². The van der Waals surface area contributed by atoms with Gasteiger partial charge in [0.1, 0.15) is 28.2 Å². The van der Waals surface area contributed by atoms with Gasteiger partial charge in [-0.15, -0.1) is 0 Å². The summed E-state index contributed by atoms with van der Waals surface area (Å²) in [6.07, 6.45) is -1.10. The van der Waals surface area contributed by atoms with E-state index in [1.807, 2.05) is 16.8 Å². The fraction of sp³-hybridized carbons (Fsp3) is 0.267. The first-order chi connectivity index (χ1) is 11.4. The molecule has 3 aromatic heterocycles. The second-order valence-electron chi connectivity index (χ2n) is 5.24. The van der Waals surface area contributed by atoms with E-state index in [4.69, 9.17) is 8.94 Å². The van der Waals surface area contributed by atoms with Crippen LogP contribution in [0, 0.1) is 13.8 Å². The minimum atomic E-state index is -3.82. The SMILES string of the molecule is Cc1noc(C)c1S(=O)(=O)NCC(O)c1ccc(-c2ccsc2)o1. The molecule has 0 fully saturated rings. The van der Waals surface area contributed by atoms with Crippen LogP contribution in [0.5, 0.6) is 0 Å². The predicted molar refractivity (Wildman–Crippen MR) is 88.1 cm³/mol. The lowest BCUT2D eigenvalue weighted by Gasteiger charge is -2.10. The molecule has 3 aromatic rings. The molecule has 0 saturated heterocycles. The Morgan fingerprint density at radius 2 is 2.12 bits per heavy atom. The van der Waals surface area contributed by atoms with E-state index in [1.165, 1.54) is 18.3 Å². The lowest BCUT2D eigenvalue weighted by atomic mass is 10.2. The van der Waals surface area contributed by atoms with Gasteiger partial charge in [-0.2, -0.15) is 11.3 Å². The summed E-state index contributed by atoms with van der Waals surface area (Å²) in [5.74, 6) is 1.11. The fourth-order valence-corrected chi connectivity index (χ4v) is 4.32. The molecular weight excluding hydrogens is 352 g/mol. The van der Waals surface area contributed by atoms with Crippen molar-refractivity contribution >= 4 is 21.4 Å². The van der Waals surface area contributed by atoms with Gasteiger partial charge in [-0.05, 0) is 37.4 Å². The summed E-state index contributed by atoms with van der Waals surface area (Å²) < 4.78 is 37.4. The zero-order valence-electron chi connectivity index (χ0n) is 13.0. The standard InChI is InChI=1S/C15H16N2O5S2/c1-9-15(10(2)22-17-9)24(19,20)16-7-12(18)14-4-3-13(21-14)11-5-6-23-8-11/h3-6,8,12,16,18H,7H2,1-2H3. The van der Waals surface area contributed by atoms with E-state index >= 15 is 0 Å². The second-order valence-corrected chi connectivity index (χ2v) is 7.72. The number of rotatable bonds is 6. The number of sulfonamides is 1. The van der Waals surface area contributed by atoms with Crippen LogP contribution in [0.1, 0.15) is 23.3 Å². The lowest BCUT2D eigenvalue weighted by Crippen LogP contribution is -2.29. The Kier molecular flexibility index (Phi) is 4.59. The quantitative estimate of drug-likeness (QED) is 0.693. The van der Waals surface area contributed by atoms with E-state index in [0.717, 1.165) is 5.56 Å². The Bertz CT molecular complexity index is 906. The van der Waals surface area contributed by atoms with Crippen LogP contribution in [0.15, 0.2) is 42.8 Å². The summed E-state index contributed by atoms with van der Waals surface area (Å²) in [6.45, 7) is 2.84. The molecule has 0 aliphatic carbocycles. The van der Waals surface area contributed by atoms with Crippen LogP contribution in [0.3, 0.4) is 0 Å². The van der Waals surface area contributed by atoms with E-state index in [9.17, 15) is 13.5 Å². The molecule has 1 atom stereocenters. The van der Waals surface area contributed by atoms with E-state index in [-0.39, 0.29) is 28.7 Å². The lowest BCUT2D eigenvalue weighted by molar-refractivity contribution is 0.155. The van der Waals surface area contributed by atoms with Crippen LogP contribution in [-0.4, -0.2) is 25.2 Å². The Morgan fingerprint density at radius 1 is 1.33 bits per heavy atom. The Balaban J connectivity index is 1.71. The molecule has 1 unspecified atom stereocenters. The molecule has 3 heterocycles. The molecule has 0 saturated carbocycles. The first kappa shape index (κ1) is 16.9. The maximum Gasteiger partial charge on any atom is 0.246 e. The molecule has 7 nitrogen and oxygen atoms in total. The largest absolute Gasteiger partial charge is 0.458 e. The second kappa shape index (κ2) is 6.52. The molecule has 0 amide bonds. The topological polar surface area (TPSA) is 106 Å². The van der Waals surface area contributed by atoms with Gasteiger partial charge in [-0.25, -0.2) is 13.1 Å². The van der Waals surface area contributed by atoms with E-state index in [1.54, 1.807) is 19.1 Å². The van der Waals surface area contributed by atoms with Crippen molar-refractivity contribution < 1.29 is 22.5 Å². The molecule has 9 heteroatoms. The zero-order chi connectivity index (χ0) is 17.3. The first-order valence-electron chi connectivity index (χ1n) is 7.11. The van der Waals surface area contributed by atoms with E-state index < -0.39 is 16.1 Å². The molecule has 0 aliphatic rings. The average Bonchev–Trinajstić information content (AvgIpc) is 3.24. The summed E-state index contributed by atoms with van der Waals surface area (Å²) in [4.78, 5) is -0.00638. The molecule has 0 radical (unpaired) electrons. The van der Waals surface area contributed by atoms with Gasteiger partial charge in [-0.3, -0.25) is 0 Å². The number of furan rings is 1. The van der Waals surface area contributed by atoms with Crippen molar-refractivity contribution in [1.29, 1.82) is 0 Å². The van der Waals surface area contributed by atoms with E-state index in [0.29, 0.717) is 5.76 Å². The van der Waals surface area contributed by atoms with Gasteiger partial charge >= 0.3 is 0 Å². The van der Waals surface area contributed by atoms with Crippen molar-refractivity contribution in [3.8, 4) is 11.3 Å². The fourth-order valence-electron chi connectivity index (χ4n) is 2.31. The highest BCUT2D eigenvalue weighted by Crippen LogP contribution is 2.27. The minimum absolute atomic E-state index is 0.00638. The Hall–Kier alpha value is -1.94. The van der Waals surface area contributed by atoms with Crippen LogP contribution >= 0.6 is 11.3 Å². The summed E-state index contributed by atoms with van der Waals surface area (Å²) in [5, 5.41) is 17.6. The number of aromatic nitrogens is 1. The van der Waals surface area contributed by atoms with Crippen LogP contribution in [0.4, 0.5) is 0 Å². The number of nitrogens with one attached hydrogen (secondary N) is 1. The number of aryl methyl sites for hydroxylation is 2. The van der Waals surface area contributed by atoms with Crippen molar-refractivity contribution in [2.24, 2.45) is 0 Å². The number of thiophene rings is 1. The van der Waals surface area contributed by atoms with Crippen LogP contribution in [0.25, 0.3) is 11.3 Å². The normalized spacial score (nSPS) is 13.3. The van der Waals surface area contributed by atoms with Gasteiger partial charge in [0.2, 0.25) is 10.0 Å². The zero-order valence-corrected chi connectivity index (χ0v) is 14.6. The highest BCUT2D eigenvalue weighted by molar-refractivity contribution is 7.89. The molecule has 0 aromatic carbocycles. The van der Waals surface area contributed by atoms with Crippen LogP contribution in [0.2, 0.25) is 0 Å². The Labute approximate surface area is 143 Å². The van der Waals surface area contributed by atoms with Crippen LogP contribution < -0.4 is 4.72 Å². The summed E-state index contributed by atoms with van der Waals surface area (Å²) in [5.41, 5.74) is 1.18. The van der Waals surface area contributed by atoms with Gasteiger partial charge in [-0.1, -0.05) is 5.16 Å². The summed E-state index contributed by atoms with van der Waals surface area (Å²) in [6, 6.07) is 5.27. The summed E-state index contributed by atoms with van der Waals surface area (Å²) >= 11 is 1.54. The summed E-state index contributed by atoms with van der Waals surface area (Å²) in [7, 11) is -3.82. The predicted octanol–water partition coefficient (Wildman–Crippen LogP) is 2.62. The molecule has 0 bridgehead atoms. The van der Waals surface area contributed by atoms with Gasteiger partial charge in [0, 0.05) is 17.5 Å². The molecule has 0 aliphatic heterocycles. The van der Waals surface area contributed by atoms with Crippen LogP contribution in [-0.2, 0) is 10.0 Å². The van der Waals surface area contributed by atoms with Gasteiger partial charge in [0.05, 0.1) is 0 Å². The molecule has 2 N–H and O–H groups in total. The number of aliphatic hydroxyl groups excluding tert-OH is 1. The minimum Gasteiger partial charge on any atom is -0.458 e. The van der Waals surface area contributed by atoms with Gasteiger partial charge < -0.3 is 14.0 Å². The third-order valence-corrected chi connectivity index (χ3v) is 5.81. The number of nitrogens with zero attached hydrogens (tertiary/aromatic N) is 1. The van der Waals surface area contributed by atoms with Crippen molar-refractivity contribution in [2.45, 2.75) is 24.8 Å². The molecule has 24 heavy (non-hydrogen) atoms. The number of hydrogen-bond donors (Lipinski definition) is 2. The number of aliphatic hydroxyl groups is 1. The smallest absolute Gasteiger partial charge is 0.246 e. The monoisotopic (exact) mass is 368 g/mol. The molecule has 3 rings (SSSR count). The highest BCUT2D eigenvalue weighted by atomic mass is 32.2. The van der Waals surface area contributed by atoms with Crippen molar-refractivity contribution in [2.75, 3.05) is 6.54 Å². The Morgan fingerprint density at radius 3 is 2.75 bits per heavy atom. The van der Waals surface area contributed by atoms with Gasteiger partial charge in [0.25, 0.3) is 0 Å².